The van der Waals surface area contributed by atoms with Crippen molar-refractivity contribution in [2.45, 2.75) is 45.3 Å². The van der Waals surface area contributed by atoms with Crippen molar-refractivity contribution in [2.75, 3.05) is 13.1 Å². The van der Waals surface area contributed by atoms with Crippen LogP contribution in [0.4, 0.5) is 0 Å². The normalized spacial score (nSPS) is 17.7. The molecule has 0 spiro atoms. The fourth-order valence-corrected chi connectivity index (χ4v) is 4.11. The molecule has 1 unspecified atom stereocenters. The maximum absolute atomic E-state index is 12.4. The zero-order valence-corrected chi connectivity index (χ0v) is 16.6. The minimum absolute atomic E-state index is 0.0658. The highest BCUT2D eigenvalue weighted by Gasteiger charge is 2.32. The largest absolute Gasteiger partial charge is 0.353 e. The molecule has 2 heterocycles. The van der Waals surface area contributed by atoms with E-state index in [0.29, 0.717) is 13.1 Å². The molecule has 0 bridgehead atoms. The first-order valence-corrected chi connectivity index (χ1v) is 10.2. The zero-order valence-electron chi connectivity index (χ0n) is 15.8. The lowest BCUT2D eigenvalue weighted by atomic mass is 10.1. The number of thiazole rings is 1. The predicted octanol–water partition coefficient (Wildman–Crippen LogP) is 1.95. The average molecular weight is 387 g/mol. The summed E-state index contributed by atoms with van der Waals surface area (Å²) in [6.45, 7) is 5.90. The first-order valence-electron chi connectivity index (χ1n) is 9.30. The van der Waals surface area contributed by atoms with Crippen LogP contribution in [0.25, 0.3) is 0 Å². The molecule has 2 amide bonds. The van der Waals surface area contributed by atoms with E-state index in [1.807, 2.05) is 37.4 Å². The van der Waals surface area contributed by atoms with E-state index in [1.165, 1.54) is 5.56 Å². The molecule has 1 aliphatic heterocycles. The third-order valence-corrected chi connectivity index (χ3v) is 5.58. The lowest BCUT2D eigenvalue weighted by Crippen LogP contribution is -2.58. The number of carbonyl (C=O) groups is 2. The Morgan fingerprint density at radius 1 is 1.37 bits per heavy atom. The fraction of sp³-hybridized carbons (Fsp3) is 0.450. The van der Waals surface area contributed by atoms with Gasteiger partial charge in [-0.1, -0.05) is 30.3 Å². The summed E-state index contributed by atoms with van der Waals surface area (Å²) < 4.78 is 0. The van der Waals surface area contributed by atoms with E-state index in [9.17, 15) is 9.59 Å². The number of hydrogen-bond donors (Lipinski definition) is 2. The van der Waals surface area contributed by atoms with Gasteiger partial charge in [0.25, 0.3) is 0 Å². The quantitative estimate of drug-likeness (QED) is 0.763. The number of piperazine rings is 1. The molecule has 1 fully saturated rings. The standard InChI is InChI=1S/C20H26N4O2S/c1-14(2)24-9-8-21-20(26)17(24)11-18(25)22-12-16-13-27-19(23-16)10-15-6-4-3-5-7-15/h3-7,13-14,17H,8-12H2,1-2H3,(H,21,26)(H,22,25). The summed E-state index contributed by atoms with van der Waals surface area (Å²) in [5.41, 5.74) is 2.08. The molecule has 1 saturated heterocycles. The van der Waals surface area contributed by atoms with Crippen molar-refractivity contribution in [3.63, 3.8) is 0 Å². The minimum atomic E-state index is -0.400. The van der Waals surface area contributed by atoms with Crippen LogP contribution < -0.4 is 10.6 Å². The first-order chi connectivity index (χ1) is 13.0. The van der Waals surface area contributed by atoms with Crippen LogP contribution in [0.15, 0.2) is 35.7 Å². The second-order valence-corrected chi connectivity index (χ2v) is 7.96. The fourth-order valence-electron chi connectivity index (χ4n) is 3.28. The molecular weight excluding hydrogens is 360 g/mol. The summed E-state index contributed by atoms with van der Waals surface area (Å²) >= 11 is 1.60. The molecule has 1 aromatic carbocycles. The molecule has 0 saturated carbocycles. The number of nitrogens with one attached hydrogen (secondary N) is 2. The SMILES string of the molecule is CC(C)N1CCNC(=O)C1CC(=O)NCc1csc(Cc2ccccc2)n1. The molecule has 144 valence electrons. The summed E-state index contributed by atoms with van der Waals surface area (Å²) in [6.07, 6.45) is 0.968. The number of hydrogen-bond acceptors (Lipinski definition) is 5. The third-order valence-electron chi connectivity index (χ3n) is 4.68. The summed E-state index contributed by atoms with van der Waals surface area (Å²) in [7, 11) is 0. The Bertz CT molecular complexity index is 775. The smallest absolute Gasteiger partial charge is 0.237 e. The Kier molecular flexibility index (Phi) is 6.58. The first kappa shape index (κ1) is 19.5. The number of amides is 2. The number of benzene rings is 1. The molecule has 1 aliphatic rings. The second kappa shape index (κ2) is 9.10. The lowest BCUT2D eigenvalue weighted by Gasteiger charge is -2.37. The van der Waals surface area contributed by atoms with E-state index < -0.39 is 6.04 Å². The van der Waals surface area contributed by atoms with Crippen LogP contribution >= 0.6 is 11.3 Å². The van der Waals surface area contributed by atoms with Gasteiger partial charge in [-0.15, -0.1) is 11.3 Å². The van der Waals surface area contributed by atoms with Gasteiger partial charge in [0, 0.05) is 30.9 Å². The molecule has 6 nitrogen and oxygen atoms in total. The van der Waals surface area contributed by atoms with E-state index >= 15 is 0 Å². The summed E-state index contributed by atoms with van der Waals surface area (Å²) in [5.74, 6) is -0.191. The van der Waals surface area contributed by atoms with Crippen molar-refractivity contribution < 1.29 is 9.59 Å². The Labute approximate surface area is 164 Å². The Hall–Kier alpha value is -2.25. The van der Waals surface area contributed by atoms with Crippen molar-refractivity contribution in [1.29, 1.82) is 0 Å². The molecule has 0 radical (unpaired) electrons. The molecular formula is C20H26N4O2S. The van der Waals surface area contributed by atoms with E-state index in [1.54, 1.807) is 11.3 Å². The van der Waals surface area contributed by atoms with Gasteiger partial charge < -0.3 is 10.6 Å². The van der Waals surface area contributed by atoms with Gasteiger partial charge in [0.05, 0.1) is 29.7 Å². The highest BCUT2D eigenvalue weighted by Crippen LogP contribution is 2.15. The molecule has 2 N–H and O–H groups in total. The molecule has 3 rings (SSSR count). The molecule has 2 aromatic rings. The van der Waals surface area contributed by atoms with Crippen molar-refractivity contribution in [3.05, 3.63) is 52.0 Å². The van der Waals surface area contributed by atoms with Crippen LogP contribution in [0.1, 0.15) is 36.5 Å². The monoisotopic (exact) mass is 386 g/mol. The highest BCUT2D eigenvalue weighted by atomic mass is 32.1. The van der Waals surface area contributed by atoms with Crippen LogP contribution in [-0.4, -0.2) is 46.9 Å². The Balaban J connectivity index is 1.51. The molecule has 1 atom stereocenters. The van der Waals surface area contributed by atoms with Gasteiger partial charge in [-0.2, -0.15) is 0 Å². The minimum Gasteiger partial charge on any atom is -0.353 e. The van der Waals surface area contributed by atoms with E-state index in [0.717, 1.165) is 23.7 Å². The topological polar surface area (TPSA) is 74.3 Å². The Morgan fingerprint density at radius 3 is 2.89 bits per heavy atom. The molecule has 7 heteroatoms. The predicted molar refractivity (Wildman–Crippen MR) is 106 cm³/mol. The third kappa shape index (κ3) is 5.37. The van der Waals surface area contributed by atoms with Crippen LogP contribution in [0, 0.1) is 0 Å². The highest BCUT2D eigenvalue weighted by molar-refractivity contribution is 7.09. The van der Waals surface area contributed by atoms with Gasteiger partial charge in [-0.25, -0.2) is 4.98 Å². The van der Waals surface area contributed by atoms with Crippen molar-refractivity contribution in [1.82, 2.24) is 20.5 Å². The number of rotatable bonds is 7. The summed E-state index contributed by atoms with van der Waals surface area (Å²) in [4.78, 5) is 31.2. The number of carbonyl (C=O) groups excluding carboxylic acids is 2. The van der Waals surface area contributed by atoms with Gasteiger partial charge in [0.15, 0.2) is 0 Å². The summed E-state index contributed by atoms with van der Waals surface area (Å²) in [6, 6.07) is 10.0. The second-order valence-electron chi connectivity index (χ2n) is 7.01. The average Bonchev–Trinajstić information content (AvgIpc) is 3.09. The van der Waals surface area contributed by atoms with Crippen molar-refractivity contribution in [2.24, 2.45) is 0 Å². The van der Waals surface area contributed by atoms with Crippen LogP contribution in [0.3, 0.4) is 0 Å². The molecule has 27 heavy (non-hydrogen) atoms. The van der Waals surface area contributed by atoms with Gasteiger partial charge in [0.1, 0.15) is 0 Å². The summed E-state index contributed by atoms with van der Waals surface area (Å²) in [5, 5.41) is 8.76. The maximum atomic E-state index is 12.4. The van der Waals surface area contributed by atoms with Crippen molar-refractivity contribution in [3.8, 4) is 0 Å². The Morgan fingerprint density at radius 2 is 2.15 bits per heavy atom. The van der Waals surface area contributed by atoms with Crippen LogP contribution in [-0.2, 0) is 22.6 Å². The van der Waals surface area contributed by atoms with E-state index in [2.05, 4.69) is 32.7 Å². The molecule has 1 aromatic heterocycles. The number of nitrogens with zero attached hydrogens (tertiary/aromatic N) is 2. The zero-order chi connectivity index (χ0) is 19.2. The van der Waals surface area contributed by atoms with Crippen LogP contribution in [0.2, 0.25) is 0 Å². The lowest BCUT2D eigenvalue weighted by molar-refractivity contribution is -0.134. The van der Waals surface area contributed by atoms with Gasteiger partial charge >= 0.3 is 0 Å². The maximum Gasteiger partial charge on any atom is 0.237 e. The number of aromatic nitrogens is 1. The van der Waals surface area contributed by atoms with E-state index in [-0.39, 0.29) is 24.3 Å². The van der Waals surface area contributed by atoms with Gasteiger partial charge in [-0.05, 0) is 19.4 Å². The van der Waals surface area contributed by atoms with E-state index in [4.69, 9.17) is 0 Å². The van der Waals surface area contributed by atoms with Gasteiger partial charge in [0.2, 0.25) is 11.8 Å². The molecule has 0 aliphatic carbocycles. The van der Waals surface area contributed by atoms with Crippen molar-refractivity contribution >= 4 is 23.2 Å². The van der Waals surface area contributed by atoms with Gasteiger partial charge in [-0.3, -0.25) is 14.5 Å². The van der Waals surface area contributed by atoms with Crippen LogP contribution in [0.5, 0.6) is 0 Å².